The molecule has 0 unspecified atom stereocenters. The van der Waals surface area contributed by atoms with Crippen LogP contribution in [-0.2, 0) is 22.6 Å². The van der Waals surface area contributed by atoms with Crippen molar-refractivity contribution in [2.45, 2.75) is 58.2 Å². The van der Waals surface area contributed by atoms with Gasteiger partial charge in [-0.1, -0.05) is 90.8 Å². The number of benzene rings is 4. The van der Waals surface area contributed by atoms with Crippen molar-refractivity contribution in [3.63, 3.8) is 0 Å². The Kier molecular flexibility index (Phi) is 9.69. The van der Waals surface area contributed by atoms with Gasteiger partial charge in [0.2, 0.25) is 11.8 Å². The Morgan fingerprint density at radius 2 is 1.70 bits per heavy atom. The van der Waals surface area contributed by atoms with Crippen LogP contribution in [0.25, 0.3) is 10.8 Å². The molecule has 2 atom stereocenters. The van der Waals surface area contributed by atoms with Gasteiger partial charge in [-0.2, -0.15) is 0 Å². The molecule has 3 amide bonds. The van der Waals surface area contributed by atoms with E-state index in [1.807, 2.05) is 80.6 Å². The van der Waals surface area contributed by atoms with Gasteiger partial charge in [0, 0.05) is 53.0 Å². The lowest BCUT2D eigenvalue weighted by Crippen LogP contribution is -2.52. The Balaban J connectivity index is 1.40. The zero-order chi connectivity index (χ0) is 30.5. The van der Waals surface area contributed by atoms with E-state index in [1.165, 1.54) is 0 Å². The third-order valence-corrected chi connectivity index (χ3v) is 8.64. The van der Waals surface area contributed by atoms with Crippen LogP contribution in [-0.4, -0.2) is 41.2 Å². The Morgan fingerprint density at radius 1 is 0.953 bits per heavy atom. The van der Waals surface area contributed by atoms with Crippen LogP contribution in [0.3, 0.4) is 0 Å². The predicted molar refractivity (Wildman–Crippen MR) is 174 cm³/mol. The van der Waals surface area contributed by atoms with E-state index in [-0.39, 0.29) is 36.7 Å². The second-order valence-electron chi connectivity index (χ2n) is 11.0. The number of hydrogen-bond acceptors (Lipinski definition) is 3. The second-order valence-corrected chi connectivity index (χ2v) is 11.9. The molecule has 0 aliphatic carbocycles. The number of anilines is 1. The number of rotatable bonds is 12. The van der Waals surface area contributed by atoms with Crippen molar-refractivity contribution in [2.75, 3.05) is 11.4 Å². The summed E-state index contributed by atoms with van der Waals surface area (Å²) in [6.45, 7) is 4.49. The molecule has 1 aliphatic rings. The first-order valence-corrected chi connectivity index (χ1v) is 15.4. The van der Waals surface area contributed by atoms with E-state index >= 15 is 0 Å². The summed E-state index contributed by atoms with van der Waals surface area (Å²) < 4.78 is 0. The van der Waals surface area contributed by atoms with Crippen LogP contribution in [0.2, 0.25) is 10.0 Å². The fourth-order valence-corrected chi connectivity index (χ4v) is 6.03. The van der Waals surface area contributed by atoms with E-state index in [0.717, 1.165) is 28.4 Å². The number of nitrogens with one attached hydrogen (secondary N) is 1. The lowest BCUT2D eigenvalue weighted by molar-refractivity contribution is -0.141. The summed E-state index contributed by atoms with van der Waals surface area (Å²) in [6.07, 6.45) is 1.70. The summed E-state index contributed by atoms with van der Waals surface area (Å²) in [7, 11) is 0. The molecule has 0 aromatic heterocycles. The molecule has 0 saturated heterocycles. The van der Waals surface area contributed by atoms with Gasteiger partial charge in [-0.25, -0.2) is 0 Å². The molecule has 0 bridgehead atoms. The minimum Gasteiger partial charge on any atom is -0.352 e. The Morgan fingerprint density at radius 3 is 2.42 bits per heavy atom. The smallest absolute Gasteiger partial charge is 0.258 e. The molecule has 0 fully saturated rings. The fourth-order valence-electron chi connectivity index (χ4n) is 5.56. The van der Waals surface area contributed by atoms with E-state index in [4.69, 9.17) is 23.2 Å². The molecule has 1 aliphatic heterocycles. The molecule has 43 heavy (non-hydrogen) atoms. The van der Waals surface area contributed by atoms with Crippen LogP contribution in [0.15, 0.2) is 84.9 Å². The molecule has 1 heterocycles. The highest BCUT2D eigenvalue weighted by Gasteiger charge is 2.33. The van der Waals surface area contributed by atoms with Gasteiger partial charge in [-0.15, -0.1) is 0 Å². The predicted octanol–water partition coefficient (Wildman–Crippen LogP) is 7.44. The number of carbonyl (C=O) groups is 3. The lowest BCUT2D eigenvalue weighted by atomic mass is 10.0. The van der Waals surface area contributed by atoms with Crippen LogP contribution < -0.4 is 10.2 Å². The zero-order valence-electron chi connectivity index (χ0n) is 24.4. The van der Waals surface area contributed by atoms with Gasteiger partial charge in [0.25, 0.3) is 5.91 Å². The largest absolute Gasteiger partial charge is 0.352 e. The number of amides is 3. The topological polar surface area (TPSA) is 69.7 Å². The van der Waals surface area contributed by atoms with Crippen molar-refractivity contribution < 1.29 is 14.4 Å². The molecular weight excluding hydrogens is 581 g/mol. The molecule has 6 nitrogen and oxygen atoms in total. The standard InChI is InChI=1S/C35H35Cl2N3O3/c1-3-23(2)38-34(42)31(20-24-10-5-4-6-11-24)40(22-26-17-18-27(36)21-29(26)37)32(41)16-9-19-39-30-15-8-13-25-12-7-14-28(33(25)30)35(39)43/h4-8,10-15,17-18,21,23,31H,3,9,16,19-20,22H2,1-2H3,(H,38,42)/t23-,31-/m1/s1. The van der Waals surface area contributed by atoms with Crippen molar-refractivity contribution in [2.24, 2.45) is 0 Å². The fraction of sp³-hybridized carbons (Fsp3) is 0.286. The van der Waals surface area contributed by atoms with Crippen molar-refractivity contribution in [3.8, 4) is 0 Å². The number of nitrogens with zero attached hydrogens (tertiary/aromatic N) is 2. The van der Waals surface area contributed by atoms with Crippen molar-refractivity contribution in [3.05, 3.63) is 112 Å². The van der Waals surface area contributed by atoms with Gasteiger partial charge >= 0.3 is 0 Å². The molecule has 8 heteroatoms. The van der Waals surface area contributed by atoms with Crippen molar-refractivity contribution in [1.29, 1.82) is 0 Å². The van der Waals surface area contributed by atoms with Gasteiger partial charge in [-0.05, 0) is 60.5 Å². The number of halogens is 2. The normalized spacial score (nSPS) is 13.7. The maximum atomic E-state index is 14.1. The van der Waals surface area contributed by atoms with Gasteiger partial charge < -0.3 is 15.1 Å². The summed E-state index contributed by atoms with van der Waals surface area (Å²) in [6, 6.07) is 25.7. The third-order valence-electron chi connectivity index (χ3n) is 8.05. The summed E-state index contributed by atoms with van der Waals surface area (Å²) >= 11 is 12.7. The van der Waals surface area contributed by atoms with Gasteiger partial charge in [0.05, 0.1) is 5.69 Å². The molecule has 0 spiro atoms. The highest BCUT2D eigenvalue weighted by molar-refractivity contribution is 6.35. The van der Waals surface area contributed by atoms with Crippen LogP contribution in [0, 0.1) is 0 Å². The maximum absolute atomic E-state index is 14.1. The highest BCUT2D eigenvalue weighted by Crippen LogP contribution is 2.37. The van der Waals surface area contributed by atoms with Crippen LogP contribution in [0.1, 0.15) is 54.6 Å². The molecule has 1 N–H and O–H groups in total. The molecule has 5 rings (SSSR count). The van der Waals surface area contributed by atoms with Crippen molar-refractivity contribution in [1.82, 2.24) is 10.2 Å². The number of hydrogen-bond donors (Lipinski definition) is 1. The molecule has 4 aromatic carbocycles. The first kappa shape index (κ1) is 30.6. The van der Waals surface area contributed by atoms with Crippen LogP contribution in [0.4, 0.5) is 5.69 Å². The van der Waals surface area contributed by atoms with E-state index < -0.39 is 6.04 Å². The molecule has 222 valence electrons. The number of carbonyl (C=O) groups excluding carboxylic acids is 3. The monoisotopic (exact) mass is 615 g/mol. The summed E-state index contributed by atoms with van der Waals surface area (Å²) in [4.78, 5) is 44.4. The Hall–Kier alpha value is -3.87. The van der Waals surface area contributed by atoms with E-state index in [9.17, 15) is 14.4 Å². The van der Waals surface area contributed by atoms with E-state index in [0.29, 0.717) is 40.6 Å². The van der Waals surface area contributed by atoms with Gasteiger partial charge in [0.1, 0.15) is 6.04 Å². The molecule has 0 radical (unpaired) electrons. The van der Waals surface area contributed by atoms with Gasteiger partial charge in [0.15, 0.2) is 0 Å². The average Bonchev–Trinajstić information content (AvgIpc) is 3.28. The molecule has 0 saturated carbocycles. The Labute approximate surface area is 262 Å². The van der Waals surface area contributed by atoms with Crippen LogP contribution in [0.5, 0.6) is 0 Å². The highest BCUT2D eigenvalue weighted by atomic mass is 35.5. The lowest BCUT2D eigenvalue weighted by Gasteiger charge is -2.33. The first-order valence-electron chi connectivity index (χ1n) is 14.7. The quantitative estimate of drug-likeness (QED) is 0.180. The Bertz CT molecular complexity index is 1640. The van der Waals surface area contributed by atoms with Crippen LogP contribution >= 0.6 is 23.2 Å². The molecule has 4 aromatic rings. The summed E-state index contributed by atoms with van der Waals surface area (Å²) in [5.74, 6) is -0.457. The van der Waals surface area contributed by atoms with E-state index in [2.05, 4.69) is 5.32 Å². The SMILES string of the molecule is CC[C@@H](C)NC(=O)[C@@H](Cc1ccccc1)N(Cc1ccc(Cl)cc1Cl)C(=O)CCCN1C(=O)c2cccc3cccc1c23. The zero-order valence-corrected chi connectivity index (χ0v) is 25.9. The summed E-state index contributed by atoms with van der Waals surface area (Å²) in [5, 5.41) is 5.97. The second kappa shape index (κ2) is 13.6. The van der Waals surface area contributed by atoms with E-state index in [1.54, 1.807) is 28.0 Å². The first-order chi connectivity index (χ1) is 20.8. The summed E-state index contributed by atoms with van der Waals surface area (Å²) in [5.41, 5.74) is 3.19. The minimum atomic E-state index is -0.762. The van der Waals surface area contributed by atoms with Gasteiger partial charge in [-0.3, -0.25) is 14.4 Å². The van der Waals surface area contributed by atoms with Crippen molar-refractivity contribution >= 4 is 57.4 Å². The maximum Gasteiger partial charge on any atom is 0.258 e. The average molecular weight is 617 g/mol. The molecular formula is C35H35Cl2N3O3. The third kappa shape index (κ3) is 6.87. The minimum absolute atomic E-state index is 0.0487.